The Hall–Kier alpha value is -1.46. The molecular weight excluding hydrogens is 360 g/mol. The van der Waals surface area contributed by atoms with Crippen LogP contribution < -0.4 is 5.32 Å². The highest BCUT2D eigenvalue weighted by Gasteiger charge is 2.45. The molecule has 0 bridgehead atoms. The van der Waals surface area contributed by atoms with Gasteiger partial charge in [-0.2, -0.15) is 0 Å². The summed E-state index contributed by atoms with van der Waals surface area (Å²) in [5.41, 5.74) is 1.74. The zero-order valence-electron chi connectivity index (χ0n) is 18.3. The van der Waals surface area contributed by atoms with Gasteiger partial charge in [0.15, 0.2) is 0 Å². The Morgan fingerprint density at radius 3 is 2.55 bits per heavy atom. The van der Waals surface area contributed by atoms with Crippen LogP contribution in [-0.4, -0.2) is 59.5 Å². The Labute approximate surface area is 176 Å². The van der Waals surface area contributed by atoms with Crippen molar-refractivity contribution in [2.75, 3.05) is 32.7 Å². The molecule has 2 saturated heterocycles. The zero-order valence-corrected chi connectivity index (χ0v) is 18.3. The summed E-state index contributed by atoms with van der Waals surface area (Å²) in [5.74, 6) is 1.15. The minimum Gasteiger partial charge on any atom is -0.355 e. The van der Waals surface area contributed by atoms with Crippen LogP contribution in [0.3, 0.4) is 0 Å². The number of carbonyl (C=O) groups excluding carboxylic acids is 1. The lowest BCUT2D eigenvalue weighted by Gasteiger charge is -2.42. The van der Waals surface area contributed by atoms with E-state index in [1.54, 1.807) is 0 Å². The van der Waals surface area contributed by atoms with Crippen LogP contribution in [0.25, 0.3) is 0 Å². The van der Waals surface area contributed by atoms with Gasteiger partial charge < -0.3 is 5.32 Å². The predicted molar refractivity (Wildman–Crippen MR) is 116 cm³/mol. The molecule has 3 heterocycles. The van der Waals surface area contributed by atoms with E-state index in [0.29, 0.717) is 23.3 Å². The summed E-state index contributed by atoms with van der Waals surface area (Å²) >= 11 is 0. The number of nitrogens with one attached hydrogen (secondary N) is 1. The highest BCUT2D eigenvalue weighted by atomic mass is 16.1. The van der Waals surface area contributed by atoms with Gasteiger partial charge in [0.25, 0.3) is 0 Å². The van der Waals surface area contributed by atoms with E-state index in [2.05, 4.69) is 46.1 Å². The number of carbonyl (C=O) groups is 1. The van der Waals surface area contributed by atoms with Gasteiger partial charge in [0.2, 0.25) is 5.91 Å². The van der Waals surface area contributed by atoms with E-state index < -0.39 is 0 Å². The monoisotopic (exact) mass is 398 g/mol. The van der Waals surface area contributed by atoms with E-state index in [0.717, 1.165) is 52.1 Å². The van der Waals surface area contributed by atoms with Gasteiger partial charge in [0.05, 0.1) is 5.92 Å². The molecule has 1 aromatic heterocycles. The van der Waals surface area contributed by atoms with Crippen molar-refractivity contribution < 1.29 is 4.79 Å². The summed E-state index contributed by atoms with van der Waals surface area (Å²) in [6, 6.07) is 4.88. The highest BCUT2D eigenvalue weighted by Crippen LogP contribution is 2.51. The van der Waals surface area contributed by atoms with Gasteiger partial charge in [-0.25, -0.2) is 0 Å². The molecule has 5 heteroatoms. The summed E-state index contributed by atoms with van der Waals surface area (Å²) in [7, 11) is 0. The first-order valence-electron chi connectivity index (χ1n) is 11.7. The number of likely N-dealkylation sites (tertiary alicyclic amines) is 2. The number of piperidine rings is 2. The maximum Gasteiger partial charge on any atom is 0.224 e. The quantitative estimate of drug-likeness (QED) is 0.766. The number of amides is 1. The minimum absolute atomic E-state index is 0.182. The van der Waals surface area contributed by atoms with E-state index in [4.69, 9.17) is 0 Å². The molecule has 160 valence electrons. The summed E-state index contributed by atoms with van der Waals surface area (Å²) < 4.78 is 0. The third kappa shape index (κ3) is 5.18. The van der Waals surface area contributed by atoms with E-state index in [9.17, 15) is 4.79 Å². The van der Waals surface area contributed by atoms with Crippen molar-refractivity contribution in [3.8, 4) is 0 Å². The molecule has 2 aliphatic heterocycles. The molecule has 1 amide bonds. The van der Waals surface area contributed by atoms with Crippen molar-refractivity contribution in [2.45, 2.75) is 65.0 Å². The fourth-order valence-electron chi connectivity index (χ4n) is 5.27. The summed E-state index contributed by atoms with van der Waals surface area (Å²) in [6.45, 7) is 10.9. The van der Waals surface area contributed by atoms with Crippen LogP contribution >= 0.6 is 0 Å². The molecule has 5 nitrogen and oxygen atoms in total. The van der Waals surface area contributed by atoms with Crippen molar-refractivity contribution >= 4 is 5.91 Å². The van der Waals surface area contributed by atoms with E-state index in [1.165, 1.54) is 31.2 Å². The Morgan fingerprint density at radius 1 is 1.17 bits per heavy atom. The van der Waals surface area contributed by atoms with Gasteiger partial charge in [-0.05, 0) is 87.2 Å². The topological polar surface area (TPSA) is 48.5 Å². The molecule has 1 saturated carbocycles. The van der Waals surface area contributed by atoms with Gasteiger partial charge in [-0.15, -0.1) is 0 Å². The summed E-state index contributed by atoms with van der Waals surface area (Å²) in [5, 5.41) is 3.32. The Balaban J connectivity index is 1.22. The third-order valence-electron chi connectivity index (χ3n) is 7.78. The summed E-state index contributed by atoms with van der Waals surface area (Å²) in [6.07, 6.45) is 11.0. The fraction of sp³-hybridized carbons (Fsp3) is 0.750. The van der Waals surface area contributed by atoms with Gasteiger partial charge >= 0.3 is 0 Å². The molecule has 4 rings (SSSR count). The molecular formula is C24H38N4O. The van der Waals surface area contributed by atoms with E-state index in [1.807, 2.05) is 12.4 Å². The second-order valence-electron chi connectivity index (χ2n) is 9.93. The number of hydrogen-bond donors (Lipinski definition) is 1. The molecule has 1 unspecified atom stereocenters. The lowest BCUT2D eigenvalue weighted by molar-refractivity contribution is -0.127. The average molecular weight is 399 g/mol. The summed E-state index contributed by atoms with van der Waals surface area (Å²) in [4.78, 5) is 22.1. The number of hydrogen-bond acceptors (Lipinski definition) is 4. The maximum absolute atomic E-state index is 12.8. The molecule has 0 spiro atoms. The van der Waals surface area contributed by atoms with Crippen LogP contribution in [0, 0.1) is 17.3 Å². The first-order chi connectivity index (χ1) is 14.1. The highest BCUT2D eigenvalue weighted by molar-refractivity contribution is 5.79. The van der Waals surface area contributed by atoms with E-state index >= 15 is 0 Å². The lowest BCUT2D eigenvalue weighted by Crippen LogP contribution is -2.51. The molecule has 1 aromatic rings. The molecule has 1 aliphatic carbocycles. The van der Waals surface area contributed by atoms with Crippen LogP contribution in [0.5, 0.6) is 0 Å². The second kappa shape index (κ2) is 9.13. The van der Waals surface area contributed by atoms with Crippen LogP contribution in [-0.2, 0) is 11.3 Å². The second-order valence-corrected chi connectivity index (χ2v) is 9.93. The maximum atomic E-state index is 12.8. The zero-order chi connectivity index (χ0) is 20.3. The van der Waals surface area contributed by atoms with Crippen molar-refractivity contribution in [3.63, 3.8) is 0 Å². The van der Waals surface area contributed by atoms with Crippen LogP contribution in [0.2, 0.25) is 0 Å². The molecule has 3 fully saturated rings. The first-order valence-corrected chi connectivity index (χ1v) is 11.7. The molecule has 0 radical (unpaired) electrons. The smallest absolute Gasteiger partial charge is 0.224 e. The van der Waals surface area contributed by atoms with Crippen molar-refractivity contribution in [2.24, 2.45) is 17.3 Å². The molecule has 3 aliphatic rings. The lowest BCUT2D eigenvalue weighted by atomic mass is 9.91. The molecule has 1 atom stereocenters. The van der Waals surface area contributed by atoms with Crippen molar-refractivity contribution in [1.82, 2.24) is 20.1 Å². The SMILES string of the molecule is CC(C)C1(CNC(=O)C2CCCN(C3CCN(Cc4ccncc4)CC3)C2)CC1. The van der Waals surface area contributed by atoms with Crippen molar-refractivity contribution in [3.05, 3.63) is 30.1 Å². The predicted octanol–water partition coefficient (Wildman–Crippen LogP) is 3.31. The average Bonchev–Trinajstić information content (AvgIpc) is 3.55. The number of aromatic nitrogens is 1. The molecule has 1 N–H and O–H groups in total. The number of pyridine rings is 1. The molecule has 29 heavy (non-hydrogen) atoms. The van der Waals surface area contributed by atoms with Gasteiger partial charge in [0.1, 0.15) is 0 Å². The van der Waals surface area contributed by atoms with Crippen LogP contribution in [0.4, 0.5) is 0 Å². The Bertz CT molecular complexity index is 665. The Kier molecular flexibility index (Phi) is 6.55. The van der Waals surface area contributed by atoms with Gasteiger partial charge in [-0.3, -0.25) is 19.6 Å². The molecule has 0 aromatic carbocycles. The minimum atomic E-state index is 0.182. The largest absolute Gasteiger partial charge is 0.355 e. The Morgan fingerprint density at radius 2 is 1.90 bits per heavy atom. The number of nitrogens with zero attached hydrogens (tertiary/aromatic N) is 3. The fourth-order valence-corrected chi connectivity index (χ4v) is 5.27. The standard InChI is InChI=1S/C24H38N4O/c1-19(2)24(9-10-24)18-26-23(29)21-4-3-13-28(17-21)22-7-14-27(15-8-22)16-20-5-11-25-12-6-20/h5-6,11-12,19,21-22H,3-4,7-10,13-18H2,1-2H3,(H,26,29). The van der Waals surface area contributed by atoms with Gasteiger partial charge in [0, 0.05) is 38.1 Å². The van der Waals surface area contributed by atoms with Crippen LogP contribution in [0.1, 0.15) is 57.9 Å². The van der Waals surface area contributed by atoms with Crippen LogP contribution in [0.15, 0.2) is 24.5 Å². The van der Waals surface area contributed by atoms with Crippen molar-refractivity contribution in [1.29, 1.82) is 0 Å². The van der Waals surface area contributed by atoms with E-state index in [-0.39, 0.29) is 5.92 Å². The van der Waals surface area contributed by atoms with Gasteiger partial charge in [-0.1, -0.05) is 13.8 Å². The third-order valence-corrected chi connectivity index (χ3v) is 7.78. The normalized spacial score (nSPS) is 25.8. The first kappa shape index (κ1) is 20.8. The number of rotatable bonds is 7.